The predicted octanol–water partition coefficient (Wildman–Crippen LogP) is 3.13. The van der Waals surface area contributed by atoms with Gasteiger partial charge >= 0.3 is 12.0 Å². The Hall–Kier alpha value is -4.54. The molecule has 0 atom stereocenters. The van der Waals surface area contributed by atoms with E-state index in [4.69, 9.17) is 4.74 Å². The van der Waals surface area contributed by atoms with Crippen molar-refractivity contribution in [3.63, 3.8) is 0 Å². The number of ether oxygens (including phenoxy) is 1. The van der Waals surface area contributed by atoms with Gasteiger partial charge in [-0.15, -0.1) is 0 Å². The number of aromatic amines is 1. The van der Waals surface area contributed by atoms with Gasteiger partial charge in [0.1, 0.15) is 11.7 Å². The van der Waals surface area contributed by atoms with Crippen LogP contribution < -0.4 is 5.32 Å². The second-order valence-electron chi connectivity index (χ2n) is 8.92. The third-order valence-corrected chi connectivity index (χ3v) is 6.34. The lowest BCUT2D eigenvalue weighted by Gasteiger charge is -2.36. The first-order valence-electron chi connectivity index (χ1n) is 12.8. The first-order chi connectivity index (χ1) is 18.9. The Morgan fingerprint density at radius 1 is 1.00 bits per heavy atom. The summed E-state index contributed by atoms with van der Waals surface area (Å²) in [5.41, 5.74) is 1.17. The summed E-state index contributed by atoms with van der Waals surface area (Å²) in [6.07, 6.45) is 1.98. The van der Waals surface area contributed by atoms with Crippen molar-refractivity contribution in [3.8, 4) is 0 Å². The molecule has 0 saturated carbocycles. The number of amidine groups is 1. The Labute approximate surface area is 224 Å². The van der Waals surface area contributed by atoms with Gasteiger partial charge in [0, 0.05) is 61.8 Å². The number of rotatable bonds is 8. The van der Waals surface area contributed by atoms with Crippen LogP contribution in [0.4, 0.5) is 9.18 Å². The van der Waals surface area contributed by atoms with Crippen LogP contribution in [0.3, 0.4) is 0 Å². The largest absolute Gasteiger partial charge is 0.466 e. The van der Waals surface area contributed by atoms with Crippen LogP contribution in [0.5, 0.6) is 0 Å². The van der Waals surface area contributed by atoms with Gasteiger partial charge in [-0.1, -0.05) is 36.4 Å². The molecule has 11 heteroatoms. The van der Waals surface area contributed by atoms with Gasteiger partial charge in [-0.05, 0) is 25.5 Å². The zero-order valence-electron chi connectivity index (χ0n) is 21.6. The zero-order chi connectivity index (χ0) is 27.8. The number of carbonyl (C=O) groups excluding carboxylic acids is 4. The average molecular weight is 536 g/mol. The molecule has 0 radical (unpaired) electrons. The molecule has 0 aliphatic carbocycles. The van der Waals surface area contributed by atoms with Crippen molar-refractivity contribution < 1.29 is 28.3 Å². The molecule has 2 heterocycles. The Kier molecular flexibility index (Phi) is 9.03. The molecule has 0 bridgehead atoms. The number of esters is 1. The van der Waals surface area contributed by atoms with Crippen molar-refractivity contribution >= 4 is 40.4 Å². The van der Waals surface area contributed by atoms with Crippen molar-refractivity contribution in [2.75, 3.05) is 39.3 Å². The van der Waals surface area contributed by atoms with E-state index in [1.807, 2.05) is 35.2 Å². The summed E-state index contributed by atoms with van der Waals surface area (Å²) in [6.45, 7) is 3.44. The number of hydrogen-bond donors (Lipinski definition) is 2. The molecule has 3 aromatic rings. The van der Waals surface area contributed by atoms with E-state index >= 15 is 0 Å². The molecule has 0 spiro atoms. The van der Waals surface area contributed by atoms with Gasteiger partial charge in [-0.2, -0.15) is 4.99 Å². The molecule has 2 aromatic carbocycles. The number of aliphatic imine (C=N–C) groups is 1. The number of nitrogens with zero attached hydrogens (tertiary/aromatic N) is 3. The summed E-state index contributed by atoms with van der Waals surface area (Å²) < 4.78 is 19.2. The van der Waals surface area contributed by atoms with Crippen LogP contribution in [-0.4, -0.2) is 83.6 Å². The van der Waals surface area contributed by atoms with Gasteiger partial charge < -0.3 is 24.8 Å². The van der Waals surface area contributed by atoms with Crippen LogP contribution in [-0.2, 0) is 14.3 Å². The fourth-order valence-electron chi connectivity index (χ4n) is 4.40. The van der Waals surface area contributed by atoms with Gasteiger partial charge in [0.15, 0.2) is 0 Å². The molecule has 1 aromatic heterocycles. The Morgan fingerprint density at radius 2 is 1.72 bits per heavy atom. The number of fused-ring (bicyclic) bond motifs is 1. The highest BCUT2D eigenvalue weighted by Gasteiger charge is 2.30. The van der Waals surface area contributed by atoms with E-state index < -0.39 is 23.5 Å². The van der Waals surface area contributed by atoms with E-state index in [1.54, 1.807) is 13.0 Å². The normalized spacial score (nSPS) is 13.8. The third kappa shape index (κ3) is 6.67. The van der Waals surface area contributed by atoms with Gasteiger partial charge in [-0.25, -0.2) is 9.18 Å². The summed E-state index contributed by atoms with van der Waals surface area (Å²) in [5.74, 6) is -1.94. The SMILES string of the molecule is CCOC(=O)CCCNC(=O)N=C(c1ccccc1)N1CCN(C(=O)C(=O)c2c[nH]c3cccc(F)c23)CC1. The molecule has 4 rings (SSSR count). The number of benzene rings is 2. The molecular weight excluding hydrogens is 505 g/mol. The second kappa shape index (κ2) is 12.8. The highest BCUT2D eigenvalue weighted by Crippen LogP contribution is 2.23. The number of Topliss-reactive ketones (excluding diaryl/α,β-unsaturated/α-hetero) is 1. The highest BCUT2D eigenvalue weighted by molar-refractivity contribution is 6.44. The first kappa shape index (κ1) is 27.5. The molecule has 204 valence electrons. The predicted molar refractivity (Wildman–Crippen MR) is 143 cm³/mol. The van der Waals surface area contributed by atoms with Gasteiger partial charge in [-0.3, -0.25) is 14.4 Å². The molecular formula is C28H30FN5O5. The minimum atomic E-state index is -0.779. The van der Waals surface area contributed by atoms with Crippen molar-refractivity contribution in [1.29, 1.82) is 0 Å². The van der Waals surface area contributed by atoms with E-state index in [1.165, 1.54) is 23.2 Å². The minimum absolute atomic E-state index is 0.00157. The fourth-order valence-corrected chi connectivity index (χ4v) is 4.40. The number of piperazine rings is 1. The summed E-state index contributed by atoms with van der Waals surface area (Å²) in [5, 5.41) is 2.79. The minimum Gasteiger partial charge on any atom is -0.466 e. The van der Waals surface area contributed by atoms with E-state index in [0.717, 1.165) is 5.56 Å². The average Bonchev–Trinajstić information content (AvgIpc) is 3.40. The lowest BCUT2D eigenvalue weighted by Crippen LogP contribution is -2.52. The topological polar surface area (TPSA) is 124 Å². The molecule has 3 amide bonds. The Balaban J connectivity index is 1.40. The molecule has 1 aliphatic heterocycles. The van der Waals surface area contributed by atoms with Crippen molar-refractivity contribution in [2.45, 2.75) is 19.8 Å². The van der Waals surface area contributed by atoms with E-state index in [9.17, 15) is 23.6 Å². The van der Waals surface area contributed by atoms with Crippen LogP contribution in [0.1, 0.15) is 35.7 Å². The fraction of sp³-hybridized carbons (Fsp3) is 0.321. The standard InChI is InChI=1S/C28H30FN5O5/c1-2-39-23(35)12-7-13-30-28(38)32-26(19-8-4-3-5-9-19)33-14-16-34(17-15-33)27(37)25(36)20-18-31-22-11-6-10-21(29)24(20)22/h3-6,8-11,18,31H,2,7,12-17H2,1H3,(H,30,38). The molecule has 39 heavy (non-hydrogen) atoms. The lowest BCUT2D eigenvalue weighted by atomic mass is 10.1. The van der Waals surface area contributed by atoms with Crippen LogP contribution in [0, 0.1) is 5.82 Å². The summed E-state index contributed by atoms with van der Waals surface area (Å²) in [4.78, 5) is 60.4. The van der Waals surface area contributed by atoms with Crippen LogP contribution in [0.15, 0.2) is 59.7 Å². The lowest BCUT2D eigenvalue weighted by molar-refractivity contribution is -0.143. The maximum atomic E-state index is 14.3. The van der Waals surface area contributed by atoms with Crippen LogP contribution in [0.2, 0.25) is 0 Å². The van der Waals surface area contributed by atoms with Crippen molar-refractivity contribution in [3.05, 3.63) is 71.7 Å². The molecule has 1 fully saturated rings. The number of aromatic nitrogens is 1. The smallest absolute Gasteiger partial charge is 0.342 e. The monoisotopic (exact) mass is 535 g/mol. The number of nitrogens with one attached hydrogen (secondary N) is 2. The van der Waals surface area contributed by atoms with E-state index in [-0.39, 0.29) is 43.0 Å². The molecule has 10 nitrogen and oxygen atoms in total. The Bertz CT molecular complexity index is 1380. The number of amides is 3. The van der Waals surface area contributed by atoms with Crippen LogP contribution in [0.25, 0.3) is 10.9 Å². The number of carbonyl (C=O) groups is 4. The number of hydrogen-bond acceptors (Lipinski definition) is 5. The van der Waals surface area contributed by atoms with Gasteiger partial charge in [0.05, 0.1) is 12.2 Å². The molecule has 1 aliphatic rings. The summed E-state index contributed by atoms with van der Waals surface area (Å²) >= 11 is 0. The first-order valence-corrected chi connectivity index (χ1v) is 12.8. The molecule has 0 unspecified atom stereocenters. The maximum Gasteiger partial charge on any atom is 0.342 e. The van der Waals surface area contributed by atoms with Gasteiger partial charge in [0.25, 0.3) is 11.7 Å². The Morgan fingerprint density at radius 3 is 2.44 bits per heavy atom. The number of halogens is 1. The molecule has 1 saturated heterocycles. The van der Waals surface area contributed by atoms with E-state index in [2.05, 4.69) is 15.3 Å². The number of H-pyrrole nitrogens is 1. The summed E-state index contributed by atoms with van der Waals surface area (Å²) in [7, 11) is 0. The zero-order valence-corrected chi connectivity index (χ0v) is 21.6. The number of ketones is 1. The van der Waals surface area contributed by atoms with Crippen molar-refractivity contribution in [2.24, 2.45) is 4.99 Å². The molecule has 2 N–H and O–H groups in total. The van der Waals surface area contributed by atoms with Gasteiger partial charge in [0.2, 0.25) is 0 Å². The second-order valence-corrected chi connectivity index (χ2v) is 8.92. The quantitative estimate of drug-likeness (QED) is 0.114. The van der Waals surface area contributed by atoms with Crippen LogP contribution >= 0.6 is 0 Å². The number of urea groups is 1. The van der Waals surface area contributed by atoms with Crippen molar-refractivity contribution in [1.82, 2.24) is 20.1 Å². The third-order valence-electron chi connectivity index (χ3n) is 6.34. The highest BCUT2D eigenvalue weighted by atomic mass is 19.1. The van der Waals surface area contributed by atoms with E-state index in [0.29, 0.717) is 37.5 Å². The summed E-state index contributed by atoms with van der Waals surface area (Å²) in [6, 6.07) is 13.1. The maximum absolute atomic E-state index is 14.3.